The monoisotopic (exact) mass is 165 g/mol. The van der Waals surface area contributed by atoms with Gasteiger partial charge in [-0.25, -0.2) is 0 Å². The van der Waals surface area contributed by atoms with Crippen LogP contribution in [0, 0.1) is 32.5 Å². The van der Waals surface area contributed by atoms with Crippen molar-refractivity contribution < 1.29 is 0 Å². The van der Waals surface area contributed by atoms with Crippen molar-refractivity contribution >= 4 is 0 Å². The molecule has 6 heteroatoms. The van der Waals surface area contributed by atoms with Crippen LogP contribution in [0.4, 0.5) is 0 Å². The highest BCUT2D eigenvalue weighted by molar-refractivity contribution is 5.79. The van der Waals surface area contributed by atoms with Crippen LogP contribution in [0.25, 0.3) is 0 Å². The lowest BCUT2D eigenvalue weighted by Gasteiger charge is -2.19. The average molecular weight is 165 g/mol. The first-order chi connectivity index (χ1) is 5.80. The van der Waals surface area contributed by atoms with E-state index in [1.165, 1.54) is 0 Å². The second-order valence-corrected chi connectivity index (χ2v) is 4.15. The van der Waals surface area contributed by atoms with Gasteiger partial charge in [0.15, 0.2) is 16.6 Å². The Morgan fingerprint density at radius 3 is 1.08 bits per heavy atom. The Hall–Kier alpha value is -1.20. The summed E-state index contributed by atoms with van der Waals surface area (Å²) in [5.74, 6) is 0.515. The third-order valence-electron chi connectivity index (χ3n) is 4.58. The lowest BCUT2D eigenvalue weighted by atomic mass is 9.88. The third-order valence-corrected chi connectivity index (χ3v) is 4.58. The van der Waals surface area contributed by atoms with Gasteiger partial charge in [-0.3, -0.25) is 0 Å². The molecule has 0 aromatic heterocycles. The van der Waals surface area contributed by atoms with Crippen molar-refractivity contribution in [1.82, 2.24) is 0 Å². The highest BCUT2D eigenvalue weighted by Crippen LogP contribution is 3.09. The molecule has 6 nitrogen and oxygen atoms in total. The van der Waals surface area contributed by atoms with Gasteiger partial charge in [0.2, 0.25) is 0 Å². The van der Waals surface area contributed by atoms with Crippen molar-refractivity contribution in [3.8, 4) is 0 Å². The first-order valence-electron chi connectivity index (χ1n) is 3.83. The van der Waals surface area contributed by atoms with Crippen LogP contribution in [0.15, 0.2) is 15.5 Å². The van der Waals surface area contributed by atoms with Crippen LogP contribution in [0.5, 0.6) is 0 Å². The Morgan fingerprint density at radius 1 is 0.667 bits per heavy atom. The SMILES string of the molecule is O=NC12C3C4C3C1(N=O)C42N=O. The first-order valence-corrected chi connectivity index (χ1v) is 3.83. The molecule has 0 heterocycles. The summed E-state index contributed by atoms with van der Waals surface area (Å²) in [4.78, 5) is 31.5. The van der Waals surface area contributed by atoms with Crippen molar-refractivity contribution in [3.63, 3.8) is 0 Å². The Balaban J connectivity index is 1.99. The Morgan fingerprint density at radius 2 is 0.917 bits per heavy atom. The van der Waals surface area contributed by atoms with E-state index in [0.717, 1.165) is 0 Å². The summed E-state index contributed by atoms with van der Waals surface area (Å²) in [6.07, 6.45) is 0. The van der Waals surface area contributed by atoms with Gasteiger partial charge in [0.05, 0.1) is 0 Å². The smallest absolute Gasteiger partial charge is 0.150 e. The summed E-state index contributed by atoms with van der Waals surface area (Å²) in [7, 11) is 0. The first kappa shape index (κ1) is 5.45. The molecule has 0 aliphatic heterocycles. The van der Waals surface area contributed by atoms with Crippen molar-refractivity contribution in [2.24, 2.45) is 33.3 Å². The summed E-state index contributed by atoms with van der Waals surface area (Å²) in [5, 5.41) is 8.70. The normalized spacial score (nSPS) is 77.5. The van der Waals surface area contributed by atoms with Crippen LogP contribution in [-0.2, 0) is 0 Å². The summed E-state index contributed by atoms with van der Waals surface area (Å²) in [6, 6.07) is 0. The van der Waals surface area contributed by atoms with Crippen molar-refractivity contribution in [2.75, 3.05) is 0 Å². The van der Waals surface area contributed by atoms with E-state index in [-0.39, 0.29) is 17.8 Å². The van der Waals surface area contributed by atoms with Crippen molar-refractivity contribution in [2.45, 2.75) is 16.6 Å². The van der Waals surface area contributed by atoms with E-state index >= 15 is 0 Å². The molecule has 5 aliphatic rings. The van der Waals surface area contributed by atoms with E-state index in [4.69, 9.17) is 0 Å². The number of hydrogen-bond acceptors (Lipinski definition) is 6. The lowest BCUT2D eigenvalue weighted by molar-refractivity contribution is 0.320. The zero-order valence-electron chi connectivity index (χ0n) is 5.80. The molecular weight excluding hydrogens is 162 g/mol. The molecule has 0 spiro atoms. The fraction of sp³-hybridized carbons (Fsp3) is 1.00. The number of nitroso groups, excluding NO2 is 3. The molecule has 0 atom stereocenters. The largest absolute Gasteiger partial charge is 0.169 e. The Kier molecular flexibility index (Phi) is 0.415. The minimum absolute atomic E-state index is 0.172. The molecule has 0 saturated heterocycles. The molecule has 0 radical (unpaired) electrons. The molecule has 5 fully saturated rings. The molecule has 0 aromatic rings. The van der Waals surface area contributed by atoms with E-state index in [1.54, 1.807) is 0 Å². The second-order valence-electron chi connectivity index (χ2n) is 4.15. The maximum atomic E-state index is 10.5. The maximum absolute atomic E-state index is 10.5. The minimum Gasteiger partial charge on any atom is -0.150 e. The van der Waals surface area contributed by atoms with E-state index < -0.39 is 16.6 Å². The average Bonchev–Trinajstić information content (AvgIpc) is 2.63. The summed E-state index contributed by atoms with van der Waals surface area (Å²) >= 11 is 0. The fourth-order valence-corrected chi connectivity index (χ4v) is 4.29. The molecule has 5 saturated carbocycles. The quantitative estimate of drug-likeness (QED) is 0.567. The van der Waals surface area contributed by atoms with E-state index in [9.17, 15) is 14.7 Å². The number of hydrogen-bond donors (Lipinski definition) is 0. The van der Waals surface area contributed by atoms with Gasteiger partial charge in [0, 0.05) is 17.8 Å². The fourth-order valence-electron chi connectivity index (χ4n) is 4.29. The van der Waals surface area contributed by atoms with E-state index in [1.807, 2.05) is 0 Å². The minimum atomic E-state index is -0.973. The Labute approximate surface area is 65.6 Å². The maximum Gasteiger partial charge on any atom is 0.169 e. The molecular formula is C6H3N3O3. The molecule has 12 heavy (non-hydrogen) atoms. The molecule has 5 aliphatic carbocycles. The standard InChI is InChI=1S/C6H3N3O3/c10-7-4-1-2-3(1)6(4,9-12)5(2,4)8-11/h1-3H. The second kappa shape index (κ2) is 0.915. The van der Waals surface area contributed by atoms with Gasteiger partial charge in [-0.1, -0.05) is 15.5 Å². The van der Waals surface area contributed by atoms with Crippen LogP contribution in [0.3, 0.4) is 0 Å². The van der Waals surface area contributed by atoms with Crippen LogP contribution >= 0.6 is 0 Å². The van der Waals surface area contributed by atoms with Crippen LogP contribution in [0.1, 0.15) is 0 Å². The van der Waals surface area contributed by atoms with Gasteiger partial charge in [0.25, 0.3) is 0 Å². The van der Waals surface area contributed by atoms with Crippen molar-refractivity contribution in [3.05, 3.63) is 14.7 Å². The van der Waals surface area contributed by atoms with Gasteiger partial charge in [-0.2, -0.15) is 14.7 Å². The summed E-state index contributed by atoms with van der Waals surface area (Å²) < 4.78 is 0. The number of rotatable bonds is 3. The zero-order valence-corrected chi connectivity index (χ0v) is 5.80. The van der Waals surface area contributed by atoms with Crippen LogP contribution in [-0.4, -0.2) is 16.6 Å². The number of nitrogens with zero attached hydrogens (tertiary/aromatic N) is 3. The highest BCUT2D eigenvalue weighted by atomic mass is 16.3. The van der Waals surface area contributed by atoms with Gasteiger partial charge in [-0.15, -0.1) is 0 Å². The lowest BCUT2D eigenvalue weighted by Crippen LogP contribution is -2.36. The van der Waals surface area contributed by atoms with Gasteiger partial charge >= 0.3 is 0 Å². The zero-order chi connectivity index (χ0) is 8.35. The van der Waals surface area contributed by atoms with E-state index in [0.29, 0.717) is 0 Å². The van der Waals surface area contributed by atoms with Crippen molar-refractivity contribution in [1.29, 1.82) is 0 Å². The molecule has 0 bridgehead atoms. The molecule has 0 N–H and O–H groups in total. The summed E-state index contributed by atoms with van der Waals surface area (Å²) in [6.45, 7) is 0. The predicted octanol–water partition coefficient (Wildman–Crippen LogP) is 0.405. The molecule has 60 valence electrons. The third kappa shape index (κ3) is 0.145. The molecule has 5 rings (SSSR count). The van der Waals surface area contributed by atoms with Crippen LogP contribution in [0.2, 0.25) is 0 Å². The predicted molar refractivity (Wildman–Crippen MR) is 36.0 cm³/mol. The topological polar surface area (TPSA) is 88.3 Å². The van der Waals surface area contributed by atoms with Gasteiger partial charge < -0.3 is 0 Å². The molecule has 0 unspecified atom stereocenters. The van der Waals surface area contributed by atoms with E-state index in [2.05, 4.69) is 15.5 Å². The molecule has 0 amide bonds. The van der Waals surface area contributed by atoms with Gasteiger partial charge in [-0.05, 0) is 0 Å². The highest BCUT2D eigenvalue weighted by Gasteiger charge is 3.28. The van der Waals surface area contributed by atoms with Crippen LogP contribution < -0.4 is 0 Å². The molecule has 0 aromatic carbocycles. The Bertz CT molecular complexity index is 309. The summed E-state index contributed by atoms with van der Waals surface area (Å²) in [5.41, 5.74) is -2.92. The van der Waals surface area contributed by atoms with Gasteiger partial charge in [0.1, 0.15) is 0 Å².